The zero-order chi connectivity index (χ0) is 17.7. The first-order valence-corrected chi connectivity index (χ1v) is 8.41. The Bertz CT molecular complexity index is 635. The van der Waals surface area contributed by atoms with Crippen molar-refractivity contribution in [3.63, 3.8) is 0 Å². The minimum Gasteiger partial charge on any atom is -0.497 e. The van der Waals surface area contributed by atoms with Crippen LogP contribution in [0.4, 0.5) is 0 Å². The van der Waals surface area contributed by atoms with Crippen LogP contribution in [0.2, 0.25) is 0 Å². The number of hydrogen-bond donors (Lipinski definition) is 1. The summed E-state index contributed by atoms with van der Waals surface area (Å²) < 4.78 is 7.12. The largest absolute Gasteiger partial charge is 0.497 e. The van der Waals surface area contributed by atoms with E-state index in [1.54, 1.807) is 7.11 Å². The number of benzene rings is 1. The highest BCUT2D eigenvalue weighted by Gasteiger charge is 2.23. The van der Waals surface area contributed by atoms with Crippen molar-refractivity contribution in [2.45, 2.75) is 39.9 Å². The number of aryl methyl sites for hydroxylation is 1. The summed E-state index contributed by atoms with van der Waals surface area (Å²) in [7, 11) is 3.63. The summed E-state index contributed by atoms with van der Waals surface area (Å²) in [4.78, 5) is 2.33. The Kier molecular flexibility index (Phi) is 6.40. The fraction of sp³-hybridized carbons (Fsp3) is 0.526. The fourth-order valence-electron chi connectivity index (χ4n) is 2.92. The van der Waals surface area contributed by atoms with Gasteiger partial charge in [0.15, 0.2) is 0 Å². The lowest BCUT2D eigenvalue weighted by atomic mass is 10.0. The molecule has 1 atom stereocenters. The van der Waals surface area contributed by atoms with Crippen LogP contribution in [0.3, 0.4) is 0 Å². The molecule has 24 heavy (non-hydrogen) atoms. The predicted molar refractivity (Wildman–Crippen MR) is 95.9 cm³/mol. The zero-order valence-electron chi connectivity index (χ0n) is 15.4. The number of aliphatic hydroxyl groups is 1. The molecule has 0 aliphatic rings. The van der Waals surface area contributed by atoms with Crippen LogP contribution in [-0.2, 0) is 20.1 Å². The van der Waals surface area contributed by atoms with Gasteiger partial charge in [0.05, 0.1) is 19.9 Å². The molecule has 1 heterocycles. The highest BCUT2D eigenvalue weighted by molar-refractivity contribution is 5.27. The summed E-state index contributed by atoms with van der Waals surface area (Å²) in [5.74, 6) is 1.22. The van der Waals surface area contributed by atoms with Gasteiger partial charge in [-0.15, -0.1) is 0 Å². The number of nitrogens with zero attached hydrogens (tertiary/aromatic N) is 3. The molecule has 2 aromatic rings. The third-order valence-corrected chi connectivity index (χ3v) is 4.68. The van der Waals surface area contributed by atoms with Gasteiger partial charge in [0.1, 0.15) is 5.75 Å². The topological polar surface area (TPSA) is 50.5 Å². The maximum atomic E-state index is 9.90. The van der Waals surface area contributed by atoms with Gasteiger partial charge in [-0.2, -0.15) is 5.10 Å². The molecule has 0 saturated heterocycles. The maximum Gasteiger partial charge on any atom is 0.118 e. The van der Waals surface area contributed by atoms with Crippen LogP contribution < -0.4 is 4.74 Å². The van der Waals surface area contributed by atoms with Crippen LogP contribution in [0.5, 0.6) is 5.75 Å². The van der Waals surface area contributed by atoms with E-state index < -0.39 is 0 Å². The van der Waals surface area contributed by atoms with Crippen molar-refractivity contribution in [1.82, 2.24) is 14.7 Å². The van der Waals surface area contributed by atoms with Gasteiger partial charge >= 0.3 is 0 Å². The second-order valence-electron chi connectivity index (χ2n) is 6.63. The molecule has 132 valence electrons. The smallest absolute Gasteiger partial charge is 0.118 e. The van der Waals surface area contributed by atoms with E-state index in [1.807, 2.05) is 30.1 Å². The van der Waals surface area contributed by atoms with Crippen LogP contribution in [0.15, 0.2) is 30.5 Å². The van der Waals surface area contributed by atoms with Gasteiger partial charge < -0.3 is 9.84 Å². The Hall–Kier alpha value is -1.85. The van der Waals surface area contributed by atoms with Gasteiger partial charge in [0.25, 0.3) is 0 Å². The molecule has 0 spiro atoms. The van der Waals surface area contributed by atoms with Gasteiger partial charge in [-0.25, -0.2) is 0 Å². The highest BCUT2D eigenvalue weighted by atomic mass is 16.5. The summed E-state index contributed by atoms with van der Waals surface area (Å²) >= 11 is 0. The van der Waals surface area contributed by atoms with Crippen LogP contribution in [0, 0.1) is 12.8 Å². The van der Waals surface area contributed by atoms with E-state index in [2.05, 4.69) is 42.9 Å². The Labute approximate surface area is 144 Å². The van der Waals surface area contributed by atoms with Crippen LogP contribution in [0.1, 0.15) is 30.7 Å². The van der Waals surface area contributed by atoms with Crippen molar-refractivity contribution >= 4 is 0 Å². The lowest BCUT2D eigenvalue weighted by molar-refractivity contribution is 0.0782. The molecular weight excluding hydrogens is 302 g/mol. The van der Waals surface area contributed by atoms with E-state index >= 15 is 0 Å². The first-order chi connectivity index (χ1) is 11.5. The minimum atomic E-state index is 0.103. The molecular formula is C19H29N3O2. The van der Waals surface area contributed by atoms with E-state index in [-0.39, 0.29) is 12.6 Å². The molecule has 1 aromatic heterocycles. The molecule has 1 N–H and O–H groups in total. The van der Waals surface area contributed by atoms with Gasteiger partial charge in [0.2, 0.25) is 0 Å². The number of hydrogen-bond acceptors (Lipinski definition) is 4. The summed E-state index contributed by atoms with van der Waals surface area (Å²) in [5, 5.41) is 14.2. The van der Waals surface area contributed by atoms with Crippen molar-refractivity contribution in [2.75, 3.05) is 13.7 Å². The van der Waals surface area contributed by atoms with Gasteiger partial charge in [-0.05, 0) is 30.5 Å². The fourth-order valence-corrected chi connectivity index (χ4v) is 2.92. The number of aromatic nitrogens is 2. The molecule has 1 aromatic carbocycles. The molecule has 0 aliphatic heterocycles. The summed E-state index contributed by atoms with van der Waals surface area (Å²) in [5.41, 5.74) is 3.57. The van der Waals surface area contributed by atoms with Crippen molar-refractivity contribution in [1.29, 1.82) is 0 Å². The Morgan fingerprint density at radius 2 is 1.88 bits per heavy atom. The second-order valence-corrected chi connectivity index (χ2v) is 6.63. The van der Waals surface area contributed by atoms with Crippen molar-refractivity contribution in [3.8, 4) is 5.75 Å². The number of methoxy groups -OCH3 is 1. The second kappa shape index (κ2) is 8.31. The molecule has 0 amide bonds. The highest BCUT2D eigenvalue weighted by Crippen LogP contribution is 2.21. The van der Waals surface area contributed by atoms with Crippen molar-refractivity contribution < 1.29 is 9.84 Å². The van der Waals surface area contributed by atoms with Gasteiger partial charge in [0, 0.05) is 37.4 Å². The van der Waals surface area contributed by atoms with E-state index in [0.717, 1.165) is 24.5 Å². The van der Waals surface area contributed by atoms with E-state index in [4.69, 9.17) is 4.74 Å². The van der Waals surface area contributed by atoms with Crippen molar-refractivity contribution in [3.05, 3.63) is 47.3 Å². The molecule has 0 radical (unpaired) electrons. The number of ether oxygens (including phenoxy) is 1. The molecule has 5 nitrogen and oxygen atoms in total. The first kappa shape index (κ1) is 18.5. The number of aliphatic hydroxyl groups excluding tert-OH is 1. The lowest BCUT2D eigenvalue weighted by Gasteiger charge is -2.33. The third-order valence-electron chi connectivity index (χ3n) is 4.68. The molecule has 0 fully saturated rings. The Balaban J connectivity index is 2.22. The Morgan fingerprint density at radius 1 is 1.21 bits per heavy atom. The quantitative estimate of drug-likeness (QED) is 0.808. The SMILES string of the molecule is COc1ccc(CN(Cc2cnn(C)c2C)[C@H](CO)C(C)C)cc1. The molecule has 2 rings (SSSR count). The molecule has 0 unspecified atom stereocenters. The average Bonchev–Trinajstić information content (AvgIpc) is 2.88. The lowest BCUT2D eigenvalue weighted by Crippen LogP contribution is -2.40. The molecule has 0 saturated carbocycles. The maximum absolute atomic E-state index is 9.90. The van der Waals surface area contributed by atoms with Gasteiger partial charge in [-0.1, -0.05) is 26.0 Å². The zero-order valence-corrected chi connectivity index (χ0v) is 15.4. The summed E-state index contributed by atoms with van der Waals surface area (Å²) in [6.07, 6.45) is 1.92. The standard InChI is InChI=1S/C19H29N3O2/c1-14(2)19(13-23)22(12-17-10-20-21(4)15(17)3)11-16-6-8-18(24-5)9-7-16/h6-10,14,19,23H,11-13H2,1-5H3/t19-/m1/s1. The Morgan fingerprint density at radius 3 is 2.33 bits per heavy atom. The van der Waals surface area contributed by atoms with Gasteiger partial charge in [-0.3, -0.25) is 9.58 Å². The summed E-state index contributed by atoms with van der Waals surface area (Å²) in [6, 6.07) is 8.22. The first-order valence-electron chi connectivity index (χ1n) is 8.41. The van der Waals surface area contributed by atoms with Crippen LogP contribution >= 0.6 is 0 Å². The van der Waals surface area contributed by atoms with E-state index in [0.29, 0.717) is 5.92 Å². The average molecular weight is 331 g/mol. The van der Waals surface area contributed by atoms with Crippen molar-refractivity contribution in [2.24, 2.45) is 13.0 Å². The van der Waals surface area contributed by atoms with E-state index in [9.17, 15) is 5.11 Å². The number of rotatable bonds is 8. The van der Waals surface area contributed by atoms with E-state index in [1.165, 1.54) is 11.1 Å². The molecule has 0 bridgehead atoms. The predicted octanol–water partition coefficient (Wildman–Crippen LogP) is 2.76. The monoisotopic (exact) mass is 331 g/mol. The molecule has 0 aliphatic carbocycles. The minimum absolute atomic E-state index is 0.103. The van der Waals surface area contributed by atoms with Crippen LogP contribution in [0.25, 0.3) is 0 Å². The third kappa shape index (κ3) is 4.36. The molecule has 5 heteroatoms. The normalized spacial score (nSPS) is 12.8. The van der Waals surface area contributed by atoms with Crippen LogP contribution in [-0.4, -0.2) is 39.5 Å². The summed E-state index contributed by atoms with van der Waals surface area (Å²) in [6.45, 7) is 8.08.